The van der Waals surface area contributed by atoms with Crippen LogP contribution in [0.4, 0.5) is 11.4 Å². The average Bonchev–Trinajstić information content (AvgIpc) is 3.21. The lowest BCUT2D eigenvalue weighted by atomic mass is 10.0. The lowest BCUT2D eigenvalue weighted by molar-refractivity contribution is -0.384. The van der Waals surface area contributed by atoms with E-state index >= 15 is 0 Å². The zero-order chi connectivity index (χ0) is 19.2. The van der Waals surface area contributed by atoms with Gasteiger partial charge < -0.3 is 10.5 Å². The van der Waals surface area contributed by atoms with Crippen LogP contribution in [0, 0.1) is 10.1 Å². The minimum atomic E-state index is -0.433. The number of benzene rings is 2. The van der Waals surface area contributed by atoms with Crippen LogP contribution in [0.3, 0.4) is 0 Å². The first-order valence-corrected chi connectivity index (χ1v) is 9.34. The number of non-ortho nitro benzene ring substituents is 1. The van der Waals surface area contributed by atoms with Crippen LogP contribution in [0.25, 0.3) is 0 Å². The number of rotatable bonds is 7. The maximum absolute atomic E-state index is 10.8. The number of hydrogen-bond acceptors (Lipinski definition) is 6. The minimum absolute atomic E-state index is 0.0343. The van der Waals surface area contributed by atoms with Gasteiger partial charge >= 0.3 is 0 Å². The summed E-state index contributed by atoms with van der Waals surface area (Å²) in [5, 5.41) is 29.7. The quantitative estimate of drug-likeness (QED) is 0.229. The number of thiophene rings is 1. The molecule has 1 atom stereocenters. The fraction of sp³-hybridized carbons (Fsp3) is 0.105. The molecule has 8 heteroatoms. The summed E-state index contributed by atoms with van der Waals surface area (Å²) in [7, 11) is 0. The second-order valence-electron chi connectivity index (χ2n) is 5.77. The molecule has 2 aromatic carbocycles. The molecule has 1 aromatic heterocycles. The third-order valence-corrected chi connectivity index (χ3v) is 5.24. The third kappa shape index (κ3) is 4.84. The molecule has 0 saturated carbocycles. The van der Waals surface area contributed by atoms with Crippen LogP contribution in [-0.2, 0) is 0 Å². The fourth-order valence-corrected chi connectivity index (χ4v) is 3.55. The Morgan fingerprint density at radius 1 is 1.19 bits per heavy atom. The van der Waals surface area contributed by atoms with Crippen molar-refractivity contribution in [2.75, 3.05) is 5.32 Å². The Morgan fingerprint density at radius 3 is 2.44 bits per heavy atom. The summed E-state index contributed by atoms with van der Waals surface area (Å²) in [6, 6.07) is 17.1. The number of nitrogens with one attached hydrogen (secondary N) is 1. The topological polar surface area (TPSA) is 87.8 Å². The third-order valence-electron chi connectivity index (χ3n) is 4.00. The molecule has 1 heterocycles. The van der Waals surface area contributed by atoms with Gasteiger partial charge in [0.1, 0.15) is 0 Å². The smallest absolute Gasteiger partial charge is 0.269 e. The molecule has 0 saturated heterocycles. The van der Waals surface area contributed by atoms with Gasteiger partial charge in [-0.2, -0.15) is 0 Å². The molecule has 6 nitrogen and oxygen atoms in total. The molecular formula is C19H16ClN3O3S. The molecule has 0 amide bonds. The Kier molecular flexibility index (Phi) is 6.05. The van der Waals surface area contributed by atoms with Crippen molar-refractivity contribution < 1.29 is 10.1 Å². The number of nitrogens with zero attached hydrogens (tertiary/aromatic N) is 2. The van der Waals surface area contributed by atoms with Crippen molar-refractivity contribution in [2.24, 2.45) is 5.16 Å². The molecule has 0 aliphatic heterocycles. The number of nitro benzene ring substituents is 1. The monoisotopic (exact) mass is 401 g/mol. The average molecular weight is 402 g/mol. The van der Waals surface area contributed by atoms with Gasteiger partial charge in [0.05, 0.1) is 16.7 Å². The maximum Gasteiger partial charge on any atom is 0.269 e. The van der Waals surface area contributed by atoms with Crippen molar-refractivity contribution in [1.29, 1.82) is 0 Å². The van der Waals surface area contributed by atoms with Crippen LogP contribution in [0.15, 0.2) is 71.2 Å². The molecule has 0 fully saturated rings. The van der Waals surface area contributed by atoms with Crippen molar-refractivity contribution in [1.82, 2.24) is 0 Å². The van der Waals surface area contributed by atoms with E-state index in [2.05, 4.69) is 10.5 Å². The van der Waals surface area contributed by atoms with Gasteiger partial charge in [-0.15, -0.1) is 11.3 Å². The lowest BCUT2D eigenvalue weighted by Gasteiger charge is -2.19. The Balaban J connectivity index is 1.83. The summed E-state index contributed by atoms with van der Waals surface area (Å²) in [6.45, 7) is 0. The Morgan fingerprint density at radius 2 is 1.89 bits per heavy atom. The van der Waals surface area contributed by atoms with Crippen molar-refractivity contribution in [2.45, 2.75) is 12.5 Å². The molecule has 27 heavy (non-hydrogen) atoms. The van der Waals surface area contributed by atoms with Crippen molar-refractivity contribution in [3.8, 4) is 0 Å². The lowest BCUT2D eigenvalue weighted by Crippen LogP contribution is -2.15. The molecule has 0 radical (unpaired) electrons. The van der Waals surface area contributed by atoms with Gasteiger partial charge in [-0.1, -0.05) is 35.0 Å². The molecule has 138 valence electrons. The van der Waals surface area contributed by atoms with Crippen molar-refractivity contribution in [3.05, 3.63) is 91.6 Å². The summed E-state index contributed by atoms with van der Waals surface area (Å²) in [5.74, 6) is 0. The highest BCUT2D eigenvalue weighted by Crippen LogP contribution is 2.29. The minimum Gasteiger partial charge on any atom is -0.411 e. The van der Waals surface area contributed by atoms with Crippen molar-refractivity contribution in [3.63, 3.8) is 0 Å². The van der Waals surface area contributed by atoms with Gasteiger partial charge in [0.2, 0.25) is 0 Å². The number of hydrogen-bond donors (Lipinski definition) is 2. The number of oxime groups is 1. The highest BCUT2D eigenvalue weighted by molar-refractivity contribution is 7.10. The fourth-order valence-electron chi connectivity index (χ4n) is 2.64. The van der Waals surface area contributed by atoms with Gasteiger partial charge in [0.25, 0.3) is 5.69 Å². The van der Waals surface area contributed by atoms with Crippen molar-refractivity contribution >= 4 is 40.0 Å². The van der Waals surface area contributed by atoms with Gasteiger partial charge in [-0.3, -0.25) is 10.1 Å². The van der Waals surface area contributed by atoms with Crippen LogP contribution in [0.2, 0.25) is 5.02 Å². The van der Waals surface area contributed by atoms with E-state index in [9.17, 15) is 15.3 Å². The van der Waals surface area contributed by atoms with Crippen LogP contribution < -0.4 is 5.32 Å². The zero-order valence-corrected chi connectivity index (χ0v) is 15.7. The standard InChI is InChI=1S/C19H16ClN3O3S/c20-14-5-3-13(4-6-14)17(22-24)12-18(19-2-1-11-27-19)21-15-7-9-16(10-8-15)23(25)26/h1-11,18,21,24H,12H2/b22-17-. The molecule has 0 spiro atoms. The number of anilines is 1. The summed E-state index contributed by atoms with van der Waals surface area (Å²) < 4.78 is 0. The zero-order valence-electron chi connectivity index (χ0n) is 14.1. The molecule has 0 aliphatic rings. The van der Waals surface area contributed by atoms with E-state index in [0.717, 1.165) is 16.1 Å². The van der Waals surface area contributed by atoms with E-state index in [1.807, 2.05) is 17.5 Å². The molecule has 0 bridgehead atoms. The second-order valence-corrected chi connectivity index (χ2v) is 7.19. The summed E-state index contributed by atoms with van der Waals surface area (Å²) in [6.07, 6.45) is 0.426. The molecule has 2 N–H and O–H groups in total. The summed E-state index contributed by atoms with van der Waals surface area (Å²) >= 11 is 7.51. The van der Waals surface area contributed by atoms with E-state index in [-0.39, 0.29) is 11.7 Å². The largest absolute Gasteiger partial charge is 0.411 e. The van der Waals surface area contributed by atoms with Gasteiger partial charge in [0, 0.05) is 34.1 Å². The number of nitro groups is 1. The first kappa shape index (κ1) is 18.9. The van der Waals surface area contributed by atoms with E-state index in [1.54, 1.807) is 47.7 Å². The van der Waals surface area contributed by atoms with Crippen LogP contribution >= 0.6 is 22.9 Å². The Hall–Kier alpha value is -2.90. The first-order chi connectivity index (χ1) is 13.1. The molecule has 1 unspecified atom stereocenters. The van der Waals surface area contributed by atoms with Gasteiger partial charge in [-0.25, -0.2) is 0 Å². The van der Waals surface area contributed by atoms with E-state index in [4.69, 9.17) is 11.6 Å². The highest BCUT2D eigenvalue weighted by Gasteiger charge is 2.18. The van der Waals surface area contributed by atoms with E-state index in [0.29, 0.717) is 17.2 Å². The normalized spacial score (nSPS) is 12.6. The van der Waals surface area contributed by atoms with E-state index in [1.165, 1.54) is 12.1 Å². The highest BCUT2D eigenvalue weighted by atomic mass is 35.5. The molecular weight excluding hydrogens is 386 g/mol. The van der Waals surface area contributed by atoms with Crippen LogP contribution in [0.1, 0.15) is 22.9 Å². The molecule has 0 aliphatic carbocycles. The van der Waals surface area contributed by atoms with E-state index < -0.39 is 4.92 Å². The maximum atomic E-state index is 10.8. The predicted molar refractivity (Wildman–Crippen MR) is 108 cm³/mol. The van der Waals surface area contributed by atoms with Crippen LogP contribution in [-0.4, -0.2) is 15.8 Å². The molecule has 3 aromatic rings. The Bertz CT molecular complexity index is 926. The Labute approximate surface area is 164 Å². The second kappa shape index (κ2) is 8.66. The van der Waals surface area contributed by atoms with Crippen LogP contribution in [0.5, 0.6) is 0 Å². The van der Waals surface area contributed by atoms with Gasteiger partial charge in [0.15, 0.2) is 0 Å². The summed E-state index contributed by atoms with van der Waals surface area (Å²) in [5.41, 5.74) is 2.06. The SMILES string of the molecule is O=[N+]([O-])c1ccc(NC(C/C(=N/O)c2ccc(Cl)cc2)c2cccs2)cc1. The number of halogens is 1. The summed E-state index contributed by atoms with van der Waals surface area (Å²) in [4.78, 5) is 11.4. The predicted octanol–water partition coefficient (Wildman–Crippen LogP) is 5.73. The van der Waals surface area contributed by atoms with Gasteiger partial charge in [-0.05, 0) is 41.3 Å². The first-order valence-electron chi connectivity index (χ1n) is 8.08. The molecule has 3 rings (SSSR count).